The van der Waals surface area contributed by atoms with Crippen LogP contribution in [0.4, 0.5) is 0 Å². The minimum absolute atomic E-state index is 0.00951. The van der Waals surface area contributed by atoms with Crippen molar-refractivity contribution in [3.05, 3.63) is 28.8 Å². The van der Waals surface area contributed by atoms with E-state index in [1.54, 1.807) is 0 Å². The number of carbonyl (C=O) groups is 1. The maximum Gasteiger partial charge on any atom is 0.303 e. The Hall–Kier alpha value is -1.51. The predicted molar refractivity (Wildman–Crippen MR) is 72.5 cm³/mol. The van der Waals surface area contributed by atoms with E-state index in [1.807, 2.05) is 6.07 Å². The molecule has 2 aliphatic carbocycles. The molecule has 2 aliphatic rings. The van der Waals surface area contributed by atoms with Gasteiger partial charge in [0.2, 0.25) is 0 Å². The summed E-state index contributed by atoms with van der Waals surface area (Å²) in [6, 6.07) is 4.06. The lowest BCUT2D eigenvalue weighted by Gasteiger charge is -2.22. The molecule has 1 unspecified atom stereocenters. The molecule has 0 saturated heterocycles. The fraction of sp³-hybridized carbons (Fsp3) is 0.562. The zero-order chi connectivity index (χ0) is 13.4. The maximum atomic E-state index is 11.0. The topological polar surface area (TPSA) is 57.5 Å². The van der Waals surface area contributed by atoms with Crippen LogP contribution in [0.1, 0.15) is 54.7 Å². The molecule has 0 spiro atoms. The van der Waals surface area contributed by atoms with Gasteiger partial charge >= 0.3 is 5.97 Å². The minimum Gasteiger partial charge on any atom is -0.507 e. The van der Waals surface area contributed by atoms with Crippen LogP contribution in [0.25, 0.3) is 0 Å². The average molecular weight is 260 g/mol. The first kappa shape index (κ1) is 12.5. The van der Waals surface area contributed by atoms with Gasteiger partial charge in [0, 0.05) is 5.92 Å². The SMILES string of the molecule is O=C(O)CC(c1ccc2c(c1O)CCCC2)C1CC1. The van der Waals surface area contributed by atoms with Crippen LogP contribution in [0.3, 0.4) is 0 Å². The van der Waals surface area contributed by atoms with Crippen LogP contribution in [0, 0.1) is 5.92 Å². The Labute approximate surface area is 113 Å². The standard InChI is InChI=1S/C16H20O3/c17-15(18)9-14(11-5-6-11)13-8-7-10-3-1-2-4-12(10)16(13)19/h7-8,11,14,19H,1-6,9H2,(H,17,18). The molecular formula is C16H20O3. The molecule has 0 amide bonds. The van der Waals surface area contributed by atoms with E-state index in [4.69, 9.17) is 5.11 Å². The number of hydrogen-bond donors (Lipinski definition) is 2. The second kappa shape index (κ2) is 4.87. The smallest absolute Gasteiger partial charge is 0.303 e. The lowest BCUT2D eigenvalue weighted by atomic mass is 9.83. The van der Waals surface area contributed by atoms with Crippen LogP contribution in [0.15, 0.2) is 12.1 Å². The number of aromatic hydroxyl groups is 1. The van der Waals surface area contributed by atoms with Crippen molar-refractivity contribution in [2.45, 2.75) is 50.9 Å². The molecule has 3 heteroatoms. The number of phenols is 1. The Morgan fingerprint density at radius 2 is 2.00 bits per heavy atom. The first-order valence-electron chi connectivity index (χ1n) is 7.22. The highest BCUT2D eigenvalue weighted by Crippen LogP contribution is 2.48. The summed E-state index contributed by atoms with van der Waals surface area (Å²) in [4.78, 5) is 11.0. The van der Waals surface area contributed by atoms with Crippen LogP contribution in [-0.4, -0.2) is 16.2 Å². The van der Waals surface area contributed by atoms with Crippen LogP contribution < -0.4 is 0 Å². The van der Waals surface area contributed by atoms with Crippen molar-refractivity contribution >= 4 is 5.97 Å². The van der Waals surface area contributed by atoms with Gasteiger partial charge in [0.15, 0.2) is 0 Å². The van der Waals surface area contributed by atoms with Gasteiger partial charge in [-0.2, -0.15) is 0 Å². The largest absolute Gasteiger partial charge is 0.507 e. The quantitative estimate of drug-likeness (QED) is 0.873. The number of hydrogen-bond acceptors (Lipinski definition) is 2. The van der Waals surface area contributed by atoms with Gasteiger partial charge in [0.1, 0.15) is 5.75 Å². The number of carboxylic acids is 1. The van der Waals surface area contributed by atoms with Crippen molar-refractivity contribution < 1.29 is 15.0 Å². The van der Waals surface area contributed by atoms with Crippen molar-refractivity contribution in [3.63, 3.8) is 0 Å². The number of aryl methyl sites for hydroxylation is 1. The van der Waals surface area contributed by atoms with Crippen molar-refractivity contribution in [2.24, 2.45) is 5.92 Å². The molecule has 3 nitrogen and oxygen atoms in total. The van der Waals surface area contributed by atoms with Gasteiger partial charge in [0.05, 0.1) is 6.42 Å². The summed E-state index contributed by atoms with van der Waals surface area (Å²) < 4.78 is 0. The van der Waals surface area contributed by atoms with E-state index in [1.165, 1.54) is 12.0 Å². The van der Waals surface area contributed by atoms with E-state index in [0.29, 0.717) is 11.7 Å². The van der Waals surface area contributed by atoms with Crippen molar-refractivity contribution in [1.82, 2.24) is 0 Å². The van der Waals surface area contributed by atoms with Crippen molar-refractivity contribution in [1.29, 1.82) is 0 Å². The fourth-order valence-electron chi connectivity index (χ4n) is 3.34. The molecule has 0 radical (unpaired) electrons. The normalized spacial score (nSPS) is 19.8. The number of phenolic OH excluding ortho intramolecular Hbond substituents is 1. The summed E-state index contributed by atoms with van der Waals surface area (Å²) in [5, 5.41) is 19.6. The third-order valence-corrected chi connectivity index (χ3v) is 4.52. The van der Waals surface area contributed by atoms with Crippen LogP contribution in [0.5, 0.6) is 5.75 Å². The molecule has 0 bridgehead atoms. The van der Waals surface area contributed by atoms with Crippen LogP contribution >= 0.6 is 0 Å². The highest BCUT2D eigenvalue weighted by atomic mass is 16.4. The third kappa shape index (κ3) is 2.46. The van der Waals surface area contributed by atoms with Gasteiger partial charge in [-0.25, -0.2) is 0 Å². The second-order valence-corrected chi connectivity index (χ2v) is 5.89. The second-order valence-electron chi connectivity index (χ2n) is 5.89. The Balaban J connectivity index is 1.96. The van der Waals surface area contributed by atoms with Gasteiger partial charge in [-0.3, -0.25) is 4.79 Å². The van der Waals surface area contributed by atoms with Gasteiger partial charge in [-0.1, -0.05) is 12.1 Å². The highest BCUT2D eigenvalue weighted by Gasteiger charge is 2.35. The summed E-state index contributed by atoms with van der Waals surface area (Å²) in [6.07, 6.45) is 6.60. The monoisotopic (exact) mass is 260 g/mol. The number of carboxylic acid groups (broad SMARTS) is 1. The Kier molecular flexibility index (Phi) is 3.21. The summed E-state index contributed by atoms with van der Waals surface area (Å²) in [5.74, 6) is 0.0535. The maximum absolute atomic E-state index is 11.0. The molecule has 1 aromatic rings. The van der Waals surface area contributed by atoms with E-state index < -0.39 is 5.97 Å². The molecule has 2 N–H and O–H groups in total. The molecule has 3 rings (SSSR count). The third-order valence-electron chi connectivity index (χ3n) is 4.52. The summed E-state index contributed by atoms with van der Waals surface area (Å²) in [7, 11) is 0. The fourth-order valence-corrected chi connectivity index (χ4v) is 3.34. The molecule has 1 saturated carbocycles. The molecule has 102 valence electrons. The zero-order valence-electron chi connectivity index (χ0n) is 11.1. The Bertz CT molecular complexity index is 503. The number of rotatable bonds is 4. The number of benzene rings is 1. The average Bonchev–Trinajstić information content (AvgIpc) is 3.21. The van der Waals surface area contributed by atoms with Crippen molar-refractivity contribution in [3.8, 4) is 5.75 Å². The summed E-state index contributed by atoms with van der Waals surface area (Å²) in [6.45, 7) is 0. The lowest BCUT2D eigenvalue weighted by Crippen LogP contribution is -2.11. The van der Waals surface area contributed by atoms with E-state index >= 15 is 0 Å². The van der Waals surface area contributed by atoms with Gasteiger partial charge < -0.3 is 10.2 Å². The first-order chi connectivity index (χ1) is 9.16. The molecule has 0 aromatic heterocycles. The summed E-state index contributed by atoms with van der Waals surface area (Å²) >= 11 is 0. The van der Waals surface area contributed by atoms with Gasteiger partial charge in [-0.15, -0.1) is 0 Å². The van der Waals surface area contributed by atoms with Crippen LogP contribution in [0.2, 0.25) is 0 Å². The molecule has 0 aliphatic heterocycles. The molecule has 1 aromatic carbocycles. The molecular weight excluding hydrogens is 240 g/mol. The Morgan fingerprint density at radius 3 is 2.68 bits per heavy atom. The van der Waals surface area contributed by atoms with Gasteiger partial charge in [0.25, 0.3) is 0 Å². The van der Waals surface area contributed by atoms with E-state index in [-0.39, 0.29) is 12.3 Å². The molecule has 19 heavy (non-hydrogen) atoms. The number of aliphatic carboxylic acids is 1. The molecule has 0 heterocycles. The summed E-state index contributed by atoms with van der Waals surface area (Å²) in [5.41, 5.74) is 3.18. The predicted octanol–water partition coefficient (Wildman–Crippen LogP) is 3.24. The van der Waals surface area contributed by atoms with E-state index in [9.17, 15) is 9.90 Å². The molecule has 1 fully saturated rings. The number of fused-ring (bicyclic) bond motifs is 1. The van der Waals surface area contributed by atoms with Crippen LogP contribution in [-0.2, 0) is 17.6 Å². The van der Waals surface area contributed by atoms with Gasteiger partial charge in [-0.05, 0) is 61.1 Å². The lowest BCUT2D eigenvalue weighted by molar-refractivity contribution is -0.137. The Morgan fingerprint density at radius 1 is 1.26 bits per heavy atom. The van der Waals surface area contributed by atoms with E-state index in [2.05, 4.69) is 6.07 Å². The minimum atomic E-state index is -0.769. The zero-order valence-corrected chi connectivity index (χ0v) is 11.1. The highest BCUT2D eigenvalue weighted by molar-refractivity contribution is 5.68. The molecule has 1 atom stereocenters. The first-order valence-corrected chi connectivity index (χ1v) is 7.22. The van der Waals surface area contributed by atoms with Crippen molar-refractivity contribution in [2.75, 3.05) is 0 Å². The van der Waals surface area contributed by atoms with E-state index in [0.717, 1.165) is 43.2 Å².